The Labute approximate surface area is 158 Å². The van der Waals surface area contributed by atoms with E-state index in [1.807, 2.05) is 0 Å². The van der Waals surface area contributed by atoms with Crippen molar-refractivity contribution in [2.24, 2.45) is 0 Å². The van der Waals surface area contributed by atoms with Gasteiger partial charge in [0, 0.05) is 30.4 Å². The van der Waals surface area contributed by atoms with E-state index >= 15 is 0 Å². The van der Waals surface area contributed by atoms with Gasteiger partial charge in [-0.15, -0.1) is 0 Å². The van der Waals surface area contributed by atoms with Gasteiger partial charge in [0.2, 0.25) is 0 Å². The van der Waals surface area contributed by atoms with Gasteiger partial charge in [0.15, 0.2) is 6.23 Å². The normalized spacial score (nSPS) is 17.2. The van der Waals surface area contributed by atoms with Crippen molar-refractivity contribution < 1.29 is 32.5 Å². The largest absolute Gasteiger partial charge is 0.497 e. The van der Waals surface area contributed by atoms with Crippen LogP contribution >= 0.6 is 0 Å². The Kier molecular flexibility index (Phi) is 5.07. The van der Waals surface area contributed by atoms with Crippen molar-refractivity contribution in [1.82, 2.24) is 9.88 Å². The molecule has 0 aliphatic carbocycles. The van der Waals surface area contributed by atoms with Gasteiger partial charge in [-0.3, -0.25) is 0 Å². The summed E-state index contributed by atoms with van der Waals surface area (Å²) in [5, 5.41) is 10.0. The molecular weight excluding hydrogens is 379 g/mol. The fourth-order valence-electron chi connectivity index (χ4n) is 3.01. The van der Waals surface area contributed by atoms with Crippen LogP contribution < -0.4 is 14.4 Å². The first-order chi connectivity index (χ1) is 13.2. The van der Waals surface area contributed by atoms with E-state index in [2.05, 4.69) is 4.98 Å². The van der Waals surface area contributed by atoms with Crippen LogP contribution in [0.5, 0.6) is 11.5 Å². The molecule has 1 N–H and O–H groups in total. The predicted molar refractivity (Wildman–Crippen MR) is 94.3 cm³/mol. The third-order valence-corrected chi connectivity index (χ3v) is 4.41. The number of nitrogens with zero attached hydrogens (tertiary/aromatic N) is 3. The number of halogens is 3. The first-order valence-corrected chi connectivity index (χ1v) is 8.19. The lowest BCUT2D eigenvalue weighted by atomic mass is 10.00. The minimum atomic E-state index is -4.72. The summed E-state index contributed by atoms with van der Waals surface area (Å²) >= 11 is 0. The molecule has 150 valence electrons. The van der Waals surface area contributed by atoms with Crippen LogP contribution in [0.2, 0.25) is 0 Å². The van der Waals surface area contributed by atoms with E-state index in [1.165, 1.54) is 44.4 Å². The van der Waals surface area contributed by atoms with Crippen molar-refractivity contribution in [3.63, 3.8) is 0 Å². The third kappa shape index (κ3) is 3.42. The summed E-state index contributed by atoms with van der Waals surface area (Å²) < 4.78 is 51.6. The van der Waals surface area contributed by atoms with Crippen LogP contribution in [-0.4, -0.2) is 55.1 Å². The minimum Gasteiger partial charge on any atom is -0.497 e. The molecule has 1 atom stereocenters. The van der Waals surface area contributed by atoms with Crippen molar-refractivity contribution in [2.45, 2.75) is 12.4 Å². The molecule has 7 nitrogen and oxygen atoms in total. The first kappa shape index (κ1) is 19.7. The number of hydrogen-bond acceptors (Lipinski definition) is 5. The Bertz CT molecular complexity index is 904. The van der Waals surface area contributed by atoms with Crippen LogP contribution in [-0.2, 0) is 6.18 Å². The molecule has 0 bridgehead atoms. The Morgan fingerprint density at radius 3 is 2.43 bits per heavy atom. The third-order valence-electron chi connectivity index (χ3n) is 4.41. The molecule has 2 heterocycles. The van der Waals surface area contributed by atoms with Crippen LogP contribution in [0.25, 0.3) is 11.1 Å². The molecule has 0 saturated carbocycles. The molecule has 1 fully saturated rings. The molecule has 1 unspecified atom stereocenters. The number of anilines is 1. The minimum absolute atomic E-state index is 0.0318. The number of hydrogen-bond donors (Lipinski definition) is 1. The number of urea groups is 1. The first-order valence-electron chi connectivity index (χ1n) is 8.19. The van der Waals surface area contributed by atoms with Gasteiger partial charge in [-0.05, 0) is 18.2 Å². The standard InChI is InChI=1S/C18H18F3N3O4/c1-23-9-16(25)24(17(23)26)15-7-13(18(19,20)21)12(8-22-15)11-5-4-10(27-2)6-14(11)28-3/h4-8,16,25H,9H2,1-3H3. The summed E-state index contributed by atoms with van der Waals surface area (Å²) in [6.07, 6.45) is -4.99. The number of ether oxygens (including phenoxy) is 2. The maximum absolute atomic E-state index is 13.8. The second-order valence-corrected chi connectivity index (χ2v) is 6.17. The molecular formula is C18H18F3N3O4. The second-order valence-electron chi connectivity index (χ2n) is 6.17. The highest BCUT2D eigenvalue weighted by Gasteiger charge is 2.39. The van der Waals surface area contributed by atoms with Crippen LogP contribution in [0, 0.1) is 0 Å². The van der Waals surface area contributed by atoms with Crippen LogP contribution in [0.1, 0.15) is 5.56 Å². The highest BCUT2D eigenvalue weighted by atomic mass is 19.4. The molecule has 28 heavy (non-hydrogen) atoms. The van der Waals surface area contributed by atoms with Crippen molar-refractivity contribution in [1.29, 1.82) is 0 Å². The number of methoxy groups -OCH3 is 2. The van der Waals surface area contributed by atoms with Gasteiger partial charge in [-0.2, -0.15) is 13.2 Å². The number of carbonyl (C=O) groups excluding carboxylic acids is 1. The zero-order chi connectivity index (χ0) is 20.6. The molecule has 1 saturated heterocycles. The fourth-order valence-corrected chi connectivity index (χ4v) is 3.01. The number of β-amino-alcohol motifs (C(OH)–C–C–N with tert-alkyl or cyclic N) is 1. The van der Waals surface area contributed by atoms with Crippen LogP contribution in [0.4, 0.5) is 23.8 Å². The Hall–Kier alpha value is -3.01. The summed E-state index contributed by atoms with van der Waals surface area (Å²) in [5.74, 6) is 0.314. The maximum Gasteiger partial charge on any atom is 0.417 e. The maximum atomic E-state index is 13.8. The highest BCUT2D eigenvalue weighted by Crippen LogP contribution is 2.42. The molecule has 2 amide bonds. The average Bonchev–Trinajstić information content (AvgIpc) is 2.91. The molecule has 2 aromatic rings. The highest BCUT2D eigenvalue weighted by molar-refractivity contribution is 5.94. The average molecular weight is 397 g/mol. The van der Waals surface area contributed by atoms with Gasteiger partial charge >= 0.3 is 12.2 Å². The molecule has 1 aliphatic rings. The van der Waals surface area contributed by atoms with Crippen molar-refractivity contribution >= 4 is 11.8 Å². The molecule has 3 rings (SSSR count). The zero-order valence-electron chi connectivity index (χ0n) is 15.3. The molecule has 1 aromatic carbocycles. The fraction of sp³-hybridized carbons (Fsp3) is 0.333. The van der Waals surface area contributed by atoms with E-state index in [4.69, 9.17) is 9.47 Å². The number of amides is 2. The van der Waals surface area contributed by atoms with Gasteiger partial charge in [-0.25, -0.2) is 14.7 Å². The number of carbonyl (C=O) groups is 1. The number of alkyl halides is 3. The van der Waals surface area contributed by atoms with Gasteiger partial charge in [0.25, 0.3) is 0 Å². The van der Waals surface area contributed by atoms with E-state index in [0.717, 1.165) is 17.2 Å². The smallest absolute Gasteiger partial charge is 0.417 e. The number of pyridine rings is 1. The summed E-state index contributed by atoms with van der Waals surface area (Å²) in [6.45, 7) is -0.0318. The molecule has 10 heteroatoms. The van der Waals surface area contributed by atoms with E-state index in [1.54, 1.807) is 0 Å². The lowest BCUT2D eigenvalue weighted by Gasteiger charge is -2.21. The number of benzene rings is 1. The van der Waals surface area contributed by atoms with Gasteiger partial charge in [-0.1, -0.05) is 0 Å². The van der Waals surface area contributed by atoms with Gasteiger partial charge in [0.05, 0.1) is 26.3 Å². The molecule has 0 radical (unpaired) electrons. The summed E-state index contributed by atoms with van der Waals surface area (Å²) in [4.78, 5) is 18.2. The molecule has 0 spiro atoms. The van der Waals surface area contributed by atoms with E-state index in [0.29, 0.717) is 5.75 Å². The van der Waals surface area contributed by atoms with Gasteiger partial charge < -0.3 is 19.5 Å². The lowest BCUT2D eigenvalue weighted by molar-refractivity contribution is -0.137. The zero-order valence-corrected chi connectivity index (χ0v) is 15.3. The second kappa shape index (κ2) is 7.19. The van der Waals surface area contributed by atoms with Crippen LogP contribution in [0.15, 0.2) is 30.5 Å². The molecule has 1 aliphatic heterocycles. The Morgan fingerprint density at radius 2 is 1.89 bits per heavy atom. The van der Waals surface area contributed by atoms with E-state index < -0.39 is 24.0 Å². The quantitative estimate of drug-likeness (QED) is 0.859. The summed E-state index contributed by atoms with van der Waals surface area (Å²) in [5.41, 5.74) is -1.05. The topological polar surface area (TPSA) is 75.1 Å². The van der Waals surface area contributed by atoms with Gasteiger partial charge in [0.1, 0.15) is 17.3 Å². The Morgan fingerprint density at radius 1 is 1.18 bits per heavy atom. The number of rotatable bonds is 4. The predicted octanol–water partition coefficient (Wildman–Crippen LogP) is 2.97. The molecule has 1 aromatic heterocycles. The lowest BCUT2D eigenvalue weighted by Crippen LogP contribution is -2.35. The number of aromatic nitrogens is 1. The Balaban J connectivity index is 2.15. The SMILES string of the molecule is COc1ccc(-c2cnc(N3C(=O)N(C)CC3O)cc2C(F)(F)F)c(OC)c1. The van der Waals surface area contributed by atoms with Crippen molar-refractivity contribution in [3.8, 4) is 22.6 Å². The van der Waals surface area contributed by atoms with Crippen LogP contribution in [0.3, 0.4) is 0 Å². The summed E-state index contributed by atoms with van der Waals surface area (Å²) in [6, 6.07) is 4.52. The van der Waals surface area contributed by atoms with E-state index in [-0.39, 0.29) is 29.2 Å². The monoisotopic (exact) mass is 397 g/mol. The number of aliphatic hydroxyl groups excluding tert-OH is 1. The summed E-state index contributed by atoms with van der Waals surface area (Å²) in [7, 11) is 4.20. The van der Waals surface area contributed by atoms with E-state index in [9.17, 15) is 23.1 Å². The number of likely N-dealkylation sites (N-methyl/N-ethyl adjacent to an activating group) is 1. The van der Waals surface area contributed by atoms with Crippen molar-refractivity contribution in [3.05, 3.63) is 36.0 Å². The van der Waals surface area contributed by atoms with Crippen molar-refractivity contribution in [2.75, 3.05) is 32.7 Å². The number of aliphatic hydroxyl groups is 1.